The molecule has 2 heterocycles. The third-order valence-electron chi connectivity index (χ3n) is 4.30. The van der Waals surface area contributed by atoms with Crippen LogP contribution in [0.5, 0.6) is 0 Å². The molecule has 3 aromatic rings. The second-order valence-electron chi connectivity index (χ2n) is 6.17. The molecule has 8 nitrogen and oxygen atoms in total. The van der Waals surface area contributed by atoms with Crippen molar-refractivity contribution in [1.29, 1.82) is 0 Å². The van der Waals surface area contributed by atoms with E-state index in [0.29, 0.717) is 34.9 Å². The first-order valence-electron chi connectivity index (χ1n) is 8.42. The number of halogens is 1. The van der Waals surface area contributed by atoms with Crippen molar-refractivity contribution in [2.45, 2.75) is 17.9 Å². The Morgan fingerprint density at radius 1 is 1.18 bits per heavy atom. The van der Waals surface area contributed by atoms with Crippen LogP contribution in [0.2, 0.25) is 5.02 Å². The number of benzene rings is 2. The molecule has 0 spiro atoms. The van der Waals surface area contributed by atoms with E-state index >= 15 is 0 Å². The second-order valence-corrected chi connectivity index (χ2v) is 8.37. The molecule has 0 fully saturated rings. The van der Waals surface area contributed by atoms with Crippen LogP contribution in [-0.4, -0.2) is 31.0 Å². The van der Waals surface area contributed by atoms with Crippen molar-refractivity contribution in [2.24, 2.45) is 0 Å². The normalized spacial score (nSPS) is 13.8. The van der Waals surface area contributed by atoms with Gasteiger partial charge in [0.1, 0.15) is 0 Å². The summed E-state index contributed by atoms with van der Waals surface area (Å²) in [6.07, 6.45) is 0.671. The number of sulfonamides is 1. The highest BCUT2D eigenvalue weighted by Gasteiger charge is 2.22. The average Bonchev–Trinajstić information content (AvgIpc) is 3.16. The van der Waals surface area contributed by atoms with Crippen molar-refractivity contribution >= 4 is 27.5 Å². The van der Waals surface area contributed by atoms with E-state index in [0.717, 1.165) is 5.56 Å². The van der Waals surface area contributed by atoms with Gasteiger partial charge < -0.3 is 9.84 Å². The molecule has 0 radical (unpaired) electrons. The van der Waals surface area contributed by atoms with Gasteiger partial charge in [-0.1, -0.05) is 22.8 Å². The summed E-state index contributed by atoms with van der Waals surface area (Å²) in [4.78, 5) is 16.1. The summed E-state index contributed by atoms with van der Waals surface area (Å²) in [6.45, 7) is 0.371. The lowest BCUT2D eigenvalue weighted by Gasteiger charge is -2.17. The first-order chi connectivity index (χ1) is 13.4. The van der Waals surface area contributed by atoms with E-state index in [1.165, 1.54) is 12.1 Å². The summed E-state index contributed by atoms with van der Waals surface area (Å²) >= 11 is 5.85. The lowest BCUT2D eigenvalue weighted by Crippen LogP contribution is -2.32. The molecule has 0 saturated heterocycles. The third kappa shape index (κ3) is 3.77. The van der Waals surface area contributed by atoms with Gasteiger partial charge in [0.2, 0.25) is 21.7 Å². The predicted molar refractivity (Wildman–Crippen MR) is 101 cm³/mol. The van der Waals surface area contributed by atoms with Crippen molar-refractivity contribution in [3.63, 3.8) is 0 Å². The van der Waals surface area contributed by atoms with Gasteiger partial charge in [-0.3, -0.25) is 4.79 Å². The quantitative estimate of drug-likeness (QED) is 0.656. The molecule has 4 rings (SSSR count). The van der Waals surface area contributed by atoms with Gasteiger partial charge in [0, 0.05) is 22.7 Å². The number of carbonyl (C=O) groups excluding carboxylic acids is 1. The topological polar surface area (TPSA) is 114 Å². The lowest BCUT2D eigenvalue weighted by atomic mass is 10.0. The van der Waals surface area contributed by atoms with Gasteiger partial charge in [-0.15, -0.1) is 0 Å². The maximum absolute atomic E-state index is 12.6. The zero-order valence-corrected chi connectivity index (χ0v) is 16.0. The minimum Gasteiger partial charge on any atom is -0.352 e. The number of fused-ring (bicyclic) bond motifs is 1. The molecule has 1 aliphatic rings. The summed E-state index contributed by atoms with van der Waals surface area (Å²) in [6, 6.07) is 11.4. The highest BCUT2D eigenvalue weighted by Crippen LogP contribution is 2.20. The van der Waals surface area contributed by atoms with Crippen LogP contribution >= 0.6 is 11.6 Å². The van der Waals surface area contributed by atoms with Gasteiger partial charge >= 0.3 is 0 Å². The fraction of sp³-hybridized carbons (Fsp3) is 0.167. The van der Waals surface area contributed by atoms with E-state index in [2.05, 4.69) is 20.2 Å². The van der Waals surface area contributed by atoms with Crippen LogP contribution in [0.15, 0.2) is 51.9 Å². The smallest absolute Gasteiger partial charge is 0.251 e. The van der Waals surface area contributed by atoms with E-state index in [1.54, 1.807) is 30.3 Å². The fourth-order valence-electron chi connectivity index (χ4n) is 2.84. The highest BCUT2D eigenvalue weighted by atomic mass is 35.5. The molecule has 1 aromatic heterocycles. The number of hydrogen-bond acceptors (Lipinski definition) is 6. The molecular weight excluding hydrogens is 404 g/mol. The Morgan fingerprint density at radius 2 is 1.96 bits per heavy atom. The molecule has 144 valence electrons. The van der Waals surface area contributed by atoms with Crippen LogP contribution < -0.4 is 10.0 Å². The van der Waals surface area contributed by atoms with Crippen molar-refractivity contribution in [3.8, 4) is 11.4 Å². The van der Waals surface area contributed by atoms with Gasteiger partial charge in [0.25, 0.3) is 5.91 Å². The Hall–Kier alpha value is -2.75. The number of hydrogen-bond donors (Lipinski definition) is 2. The average molecular weight is 419 g/mol. The summed E-state index contributed by atoms with van der Waals surface area (Å²) < 4.78 is 32.6. The van der Waals surface area contributed by atoms with Gasteiger partial charge in [0.05, 0.1) is 11.4 Å². The molecule has 0 atom stereocenters. The van der Waals surface area contributed by atoms with Gasteiger partial charge in [-0.2, -0.15) is 4.98 Å². The van der Waals surface area contributed by atoms with Crippen LogP contribution in [0.3, 0.4) is 0 Å². The number of carbonyl (C=O) groups is 1. The van der Waals surface area contributed by atoms with E-state index < -0.39 is 10.0 Å². The Bertz CT molecular complexity index is 1140. The van der Waals surface area contributed by atoms with Crippen LogP contribution in [-0.2, 0) is 23.0 Å². The Morgan fingerprint density at radius 3 is 2.75 bits per heavy atom. The Kier molecular flexibility index (Phi) is 4.88. The maximum Gasteiger partial charge on any atom is 0.251 e. The van der Waals surface area contributed by atoms with E-state index in [4.69, 9.17) is 16.1 Å². The summed E-state index contributed by atoms with van der Waals surface area (Å²) in [5, 5.41) is 7.12. The van der Waals surface area contributed by atoms with Crippen molar-refractivity contribution in [2.75, 3.05) is 6.54 Å². The van der Waals surface area contributed by atoms with E-state index in [9.17, 15) is 13.2 Å². The molecule has 0 saturated carbocycles. The standard InChI is InChI=1S/C18H15ClN4O4S/c19-13-4-1-12(2-5-13)17-22-16(27-23-17)10-21-28(25,26)14-6-3-11-7-8-20-18(24)15(11)9-14/h1-6,9,21H,7-8,10H2,(H,20,24). The minimum absolute atomic E-state index is 0.000685. The number of nitrogens with zero attached hydrogens (tertiary/aromatic N) is 2. The summed E-state index contributed by atoms with van der Waals surface area (Å²) in [5.41, 5.74) is 1.90. The molecule has 10 heteroatoms. The zero-order valence-electron chi connectivity index (χ0n) is 14.5. The molecular formula is C18H15ClN4O4S. The van der Waals surface area contributed by atoms with Crippen LogP contribution in [0.4, 0.5) is 0 Å². The first kappa shape index (κ1) is 18.6. The molecule has 1 amide bonds. The second kappa shape index (κ2) is 7.34. The van der Waals surface area contributed by atoms with E-state index in [-0.39, 0.29) is 23.2 Å². The maximum atomic E-state index is 12.6. The fourth-order valence-corrected chi connectivity index (χ4v) is 3.97. The number of rotatable bonds is 5. The number of aromatic nitrogens is 2. The Labute approximate surface area is 166 Å². The summed E-state index contributed by atoms with van der Waals surface area (Å²) in [5.74, 6) is 0.170. The first-order valence-corrected chi connectivity index (χ1v) is 10.3. The monoisotopic (exact) mass is 418 g/mol. The van der Waals surface area contributed by atoms with Crippen LogP contribution in [0.1, 0.15) is 21.8 Å². The van der Waals surface area contributed by atoms with Crippen molar-refractivity contribution in [3.05, 3.63) is 64.5 Å². The Balaban J connectivity index is 1.49. The molecule has 2 N–H and O–H groups in total. The SMILES string of the molecule is O=C1NCCc2ccc(S(=O)(=O)NCc3nc(-c4ccc(Cl)cc4)no3)cc21. The number of amides is 1. The minimum atomic E-state index is -3.85. The molecule has 0 bridgehead atoms. The lowest BCUT2D eigenvalue weighted by molar-refractivity contribution is 0.0945. The molecule has 28 heavy (non-hydrogen) atoms. The van der Waals surface area contributed by atoms with Crippen molar-refractivity contribution < 1.29 is 17.7 Å². The number of nitrogens with one attached hydrogen (secondary N) is 2. The third-order valence-corrected chi connectivity index (χ3v) is 5.95. The van der Waals surface area contributed by atoms with Crippen LogP contribution in [0.25, 0.3) is 11.4 Å². The van der Waals surface area contributed by atoms with Gasteiger partial charge in [0.15, 0.2) is 0 Å². The largest absolute Gasteiger partial charge is 0.352 e. The molecule has 2 aromatic carbocycles. The predicted octanol–water partition coefficient (Wildman–Crippen LogP) is 2.15. The van der Waals surface area contributed by atoms with E-state index in [1.807, 2.05) is 0 Å². The summed E-state index contributed by atoms with van der Waals surface area (Å²) in [7, 11) is -3.85. The van der Waals surface area contributed by atoms with Crippen molar-refractivity contribution in [1.82, 2.24) is 20.2 Å². The van der Waals surface area contributed by atoms with Crippen LogP contribution in [0, 0.1) is 0 Å². The molecule has 0 aliphatic carbocycles. The zero-order chi connectivity index (χ0) is 19.7. The molecule has 0 unspecified atom stereocenters. The highest BCUT2D eigenvalue weighted by molar-refractivity contribution is 7.89. The van der Waals surface area contributed by atoms with Gasteiger partial charge in [-0.25, -0.2) is 13.1 Å². The van der Waals surface area contributed by atoms with Gasteiger partial charge in [-0.05, 0) is 48.4 Å². The molecule has 1 aliphatic heterocycles.